The van der Waals surface area contributed by atoms with Crippen molar-refractivity contribution in [2.75, 3.05) is 31.1 Å². The Hall–Kier alpha value is -1.58. The van der Waals surface area contributed by atoms with Crippen LogP contribution >= 0.6 is 0 Å². The minimum absolute atomic E-state index is 0.285. The Balaban J connectivity index is 1.88. The number of hydrogen-bond acceptors (Lipinski definition) is 3. The van der Waals surface area contributed by atoms with Crippen molar-refractivity contribution in [3.63, 3.8) is 0 Å². The smallest absolute Gasteiger partial charge is 0.222 e. The standard InChI is InChI=1S/C13H19N3O/c1-2-5-13(17)16-10-8-15(9-11-16)12-6-3-4-7-14-12/h3-4,6-7H,2,5,8-11H2,1H3. The highest BCUT2D eigenvalue weighted by Gasteiger charge is 2.20. The highest BCUT2D eigenvalue weighted by molar-refractivity contribution is 5.76. The zero-order valence-electron chi connectivity index (χ0n) is 10.3. The van der Waals surface area contributed by atoms with E-state index in [0.29, 0.717) is 6.42 Å². The molecule has 0 bridgehead atoms. The van der Waals surface area contributed by atoms with Gasteiger partial charge in [0.2, 0.25) is 5.91 Å². The van der Waals surface area contributed by atoms with Crippen LogP contribution in [0.25, 0.3) is 0 Å². The Morgan fingerprint density at radius 2 is 2.06 bits per heavy atom. The van der Waals surface area contributed by atoms with Gasteiger partial charge in [-0.1, -0.05) is 13.0 Å². The molecular formula is C13H19N3O. The van der Waals surface area contributed by atoms with E-state index >= 15 is 0 Å². The van der Waals surface area contributed by atoms with Gasteiger partial charge in [0.25, 0.3) is 0 Å². The molecule has 1 aromatic heterocycles. The number of hydrogen-bond donors (Lipinski definition) is 0. The van der Waals surface area contributed by atoms with Gasteiger partial charge in [-0.15, -0.1) is 0 Å². The lowest BCUT2D eigenvalue weighted by Crippen LogP contribution is -2.48. The Labute approximate surface area is 102 Å². The topological polar surface area (TPSA) is 36.4 Å². The van der Waals surface area contributed by atoms with E-state index in [1.807, 2.05) is 36.2 Å². The molecule has 1 amide bonds. The largest absolute Gasteiger partial charge is 0.353 e. The molecule has 1 aliphatic rings. The first-order valence-electron chi connectivity index (χ1n) is 6.25. The predicted molar refractivity (Wildman–Crippen MR) is 67.9 cm³/mol. The minimum atomic E-state index is 0.285. The molecule has 0 radical (unpaired) electrons. The summed E-state index contributed by atoms with van der Waals surface area (Å²) in [7, 11) is 0. The fourth-order valence-electron chi connectivity index (χ4n) is 2.10. The summed E-state index contributed by atoms with van der Waals surface area (Å²) < 4.78 is 0. The van der Waals surface area contributed by atoms with Crippen LogP contribution in [-0.2, 0) is 4.79 Å². The Morgan fingerprint density at radius 1 is 1.29 bits per heavy atom. The zero-order valence-corrected chi connectivity index (χ0v) is 10.3. The summed E-state index contributed by atoms with van der Waals surface area (Å²) in [5.74, 6) is 1.29. The van der Waals surface area contributed by atoms with E-state index in [1.54, 1.807) is 0 Å². The van der Waals surface area contributed by atoms with Crippen molar-refractivity contribution in [1.29, 1.82) is 0 Å². The molecule has 0 atom stereocenters. The molecule has 1 aromatic rings. The van der Waals surface area contributed by atoms with Gasteiger partial charge in [0, 0.05) is 38.8 Å². The van der Waals surface area contributed by atoms with Crippen molar-refractivity contribution >= 4 is 11.7 Å². The lowest BCUT2D eigenvalue weighted by molar-refractivity contribution is -0.131. The second-order valence-electron chi connectivity index (χ2n) is 4.31. The first-order chi connectivity index (χ1) is 8.31. The van der Waals surface area contributed by atoms with E-state index in [9.17, 15) is 4.79 Å². The number of aromatic nitrogens is 1. The Morgan fingerprint density at radius 3 is 2.65 bits per heavy atom. The maximum atomic E-state index is 11.7. The van der Waals surface area contributed by atoms with Crippen LogP contribution in [0, 0.1) is 0 Å². The molecule has 92 valence electrons. The lowest BCUT2D eigenvalue weighted by atomic mass is 10.2. The third kappa shape index (κ3) is 2.96. The summed E-state index contributed by atoms with van der Waals surface area (Å²) in [6.45, 7) is 5.44. The molecule has 0 aromatic carbocycles. The van der Waals surface area contributed by atoms with Gasteiger partial charge in [-0.2, -0.15) is 0 Å². The average molecular weight is 233 g/mol. The van der Waals surface area contributed by atoms with E-state index in [1.165, 1.54) is 0 Å². The number of rotatable bonds is 3. The fourth-order valence-corrected chi connectivity index (χ4v) is 2.10. The van der Waals surface area contributed by atoms with Gasteiger partial charge in [0.1, 0.15) is 5.82 Å². The van der Waals surface area contributed by atoms with Gasteiger partial charge >= 0.3 is 0 Å². The number of amides is 1. The molecule has 0 saturated carbocycles. The van der Waals surface area contributed by atoms with Crippen molar-refractivity contribution in [3.05, 3.63) is 24.4 Å². The molecule has 1 aliphatic heterocycles. The predicted octanol–water partition coefficient (Wildman–Crippen LogP) is 1.53. The summed E-state index contributed by atoms with van der Waals surface area (Å²) in [6.07, 6.45) is 3.41. The summed E-state index contributed by atoms with van der Waals surface area (Å²) in [5.41, 5.74) is 0. The van der Waals surface area contributed by atoms with Gasteiger partial charge in [0.15, 0.2) is 0 Å². The molecule has 1 fully saturated rings. The van der Waals surface area contributed by atoms with Crippen molar-refractivity contribution in [2.24, 2.45) is 0 Å². The van der Waals surface area contributed by atoms with Crippen LogP contribution in [-0.4, -0.2) is 42.0 Å². The molecule has 2 rings (SSSR count). The van der Waals surface area contributed by atoms with Gasteiger partial charge < -0.3 is 9.80 Å². The number of anilines is 1. The molecule has 1 saturated heterocycles. The van der Waals surface area contributed by atoms with E-state index in [-0.39, 0.29) is 5.91 Å². The quantitative estimate of drug-likeness (QED) is 0.794. The van der Waals surface area contributed by atoms with Crippen molar-refractivity contribution < 1.29 is 4.79 Å². The molecule has 0 unspecified atom stereocenters. The summed E-state index contributed by atoms with van der Waals surface area (Å²) in [5, 5.41) is 0. The molecule has 4 heteroatoms. The maximum Gasteiger partial charge on any atom is 0.222 e. The molecule has 0 aliphatic carbocycles. The Bertz CT molecular complexity index is 358. The molecule has 0 N–H and O–H groups in total. The molecule has 0 spiro atoms. The normalized spacial score (nSPS) is 16.1. The van der Waals surface area contributed by atoms with E-state index in [2.05, 4.69) is 9.88 Å². The SMILES string of the molecule is CCCC(=O)N1CCN(c2ccccn2)CC1. The van der Waals surface area contributed by atoms with E-state index in [4.69, 9.17) is 0 Å². The van der Waals surface area contributed by atoms with Gasteiger partial charge in [-0.3, -0.25) is 4.79 Å². The van der Waals surface area contributed by atoms with Crippen molar-refractivity contribution in [3.8, 4) is 0 Å². The van der Waals surface area contributed by atoms with Gasteiger partial charge in [-0.25, -0.2) is 4.98 Å². The van der Waals surface area contributed by atoms with Gasteiger partial charge in [0.05, 0.1) is 0 Å². The molecule has 4 nitrogen and oxygen atoms in total. The highest BCUT2D eigenvalue weighted by Crippen LogP contribution is 2.13. The van der Waals surface area contributed by atoms with Crippen LogP contribution in [0.1, 0.15) is 19.8 Å². The van der Waals surface area contributed by atoms with Gasteiger partial charge in [-0.05, 0) is 18.6 Å². The number of nitrogens with zero attached hydrogens (tertiary/aromatic N) is 3. The van der Waals surface area contributed by atoms with Crippen LogP contribution < -0.4 is 4.90 Å². The molecule has 17 heavy (non-hydrogen) atoms. The third-order valence-corrected chi connectivity index (χ3v) is 3.07. The first-order valence-corrected chi connectivity index (χ1v) is 6.25. The maximum absolute atomic E-state index is 11.7. The summed E-state index contributed by atoms with van der Waals surface area (Å²) in [6, 6.07) is 5.94. The third-order valence-electron chi connectivity index (χ3n) is 3.07. The van der Waals surface area contributed by atoms with E-state index < -0.39 is 0 Å². The average Bonchev–Trinajstić information content (AvgIpc) is 2.40. The molecule has 2 heterocycles. The number of piperazine rings is 1. The minimum Gasteiger partial charge on any atom is -0.353 e. The van der Waals surface area contributed by atoms with Crippen molar-refractivity contribution in [2.45, 2.75) is 19.8 Å². The second kappa shape index (κ2) is 5.66. The zero-order chi connectivity index (χ0) is 12.1. The lowest BCUT2D eigenvalue weighted by Gasteiger charge is -2.35. The summed E-state index contributed by atoms with van der Waals surface area (Å²) in [4.78, 5) is 20.3. The molecular weight excluding hydrogens is 214 g/mol. The van der Waals surface area contributed by atoms with Crippen molar-refractivity contribution in [1.82, 2.24) is 9.88 Å². The van der Waals surface area contributed by atoms with E-state index in [0.717, 1.165) is 38.4 Å². The monoisotopic (exact) mass is 233 g/mol. The van der Waals surface area contributed by atoms with Crippen LogP contribution in [0.5, 0.6) is 0 Å². The number of pyridine rings is 1. The van der Waals surface area contributed by atoms with Crippen LogP contribution in [0.3, 0.4) is 0 Å². The van der Waals surface area contributed by atoms with Crippen LogP contribution in [0.15, 0.2) is 24.4 Å². The Kier molecular flexibility index (Phi) is 3.96. The number of carbonyl (C=O) groups is 1. The second-order valence-corrected chi connectivity index (χ2v) is 4.31. The first kappa shape index (κ1) is 11.9. The highest BCUT2D eigenvalue weighted by atomic mass is 16.2. The van der Waals surface area contributed by atoms with Crippen LogP contribution in [0.2, 0.25) is 0 Å². The fraction of sp³-hybridized carbons (Fsp3) is 0.538. The van der Waals surface area contributed by atoms with Crippen LogP contribution in [0.4, 0.5) is 5.82 Å². The number of carbonyl (C=O) groups excluding carboxylic acids is 1. The summed E-state index contributed by atoms with van der Waals surface area (Å²) >= 11 is 0.